The van der Waals surface area contributed by atoms with Crippen LogP contribution in [0.15, 0.2) is 35.9 Å². The summed E-state index contributed by atoms with van der Waals surface area (Å²) in [4.78, 5) is 0. The standard InChI is InChI=1S/C17H22O2/c1-10-8-11(2)16-12(3)15(10)9-19-17(16)13-4-6-14(18)7-5-13/h4-8,10,12,15-18H,9H2,1-3H3/t10-,12+,15-,16-,17-/m0/s1. The van der Waals surface area contributed by atoms with Crippen molar-refractivity contribution in [2.24, 2.45) is 23.7 Å². The van der Waals surface area contributed by atoms with Crippen LogP contribution in [0.1, 0.15) is 32.4 Å². The lowest BCUT2D eigenvalue weighted by molar-refractivity contribution is -0.0934. The molecule has 2 aliphatic rings. The lowest BCUT2D eigenvalue weighted by atomic mass is 9.64. The van der Waals surface area contributed by atoms with Gasteiger partial charge in [0.1, 0.15) is 5.75 Å². The van der Waals surface area contributed by atoms with Crippen LogP contribution in [0.4, 0.5) is 0 Å². The van der Waals surface area contributed by atoms with E-state index in [0.717, 1.165) is 6.61 Å². The molecule has 0 amide bonds. The number of phenolic OH excluding ortho intramolecular Hbond substituents is 1. The van der Waals surface area contributed by atoms with Gasteiger partial charge >= 0.3 is 0 Å². The topological polar surface area (TPSA) is 29.5 Å². The number of ether oxygens (including phenoxy) is 1. The maximum Gasteiger partial charge on any atom is 0.115 e. The smallest absolute Gasteiger partial charge is 0.115 e. The average molecular weight is 258 g/mol. The van der Waals surface area contributed by atoms with Crippen LogP contribution >= 0.6 is 0 Å². The minimum atomic E-state index is 0.135. The van der Waals surface area contributed by atoms with E-state index in [-0.39, 0.29) is 6.10 Å². The first-order chi connectivity index (χ1) is 9.08. The van der Waals surface area contributed by atoms with Crippen molar-refractivity contribution in [1.29, 1.82) is 0 Å². The fourth-order valence-corrected chi connectivity index (χ4v) is 3.91. The maximum atomic E-state index is 9.42. The number of phenols is 1. The van der Waals surface area contributed by atoms with Gasteiger partial charge in [0.15, 0.2) is 0 Å². The molecule has 5 atom stereocenters. The minimum Gasteiger partial charge on any atom is -0.508 e. The SMILES string of the molecule is CC1=C[C@H](C)[C@@H]2CO[C@@H](c3ccc(O)cc3)[C@@H]1[C@@H]2C. The normalized spacial score (nSPS) is 37.8. The number of hydrogen-bond acceptors (Lipinski definition) is 2. The molecule has 19 heavy (non-hydrogen) atoms. The Bertz CT molecular complexity index is 488. The first-order valence-corrected chi connectivity index (χ1v) is 7.16. The van der Waals surface area contributed by atoms with E-state index in [2.05, 4.69) is 26.8 Å². The quantitative estimate of drug-likeness (QED) is 0.773. The zero-order valence-corrected chi connectivity index (χ0v) is 11.8. The van der Waals surface area contributed by atoms with Crippen LogP contribution in [0.25, 0.3) is 0 Å². The number of rotatable bonds is 1. The molecule has 3 rings (SSSR count). The molecule has 2 heteroatoms. The van der Waals surface area contributed by atoms with Gasteiger partial charge in [0, 0.05) is 5.92 Å². The molecule has 1 fully saturated rings. The summed E-state index contributed by atoms with van der Waals surface area (Å²) in [5.41, 5.74) is 2.63. The van der Waals surface area contributed by atoms with Gasteiger partial charge in [-0.3, -0.25) is 0 Å². The third-order valence-electron chi connectivity index (χ3n) is 4.98. The average Bonchev–Trinajstić information content (AvgIpc) is 2.37. The van der Waals surface area contributed by atoms with Crippen LogP contribution in [0.3, 0.4) is 0 Å². The van der Waals surface area contributed by atoms with E-state index < -0.39 is 0 Å². The summed E-state index contributed by atoms with van der Waals surface area (Å²) in [6.45, 7) is 7.73. The molecule has 1 aliphatic heterocycles. The number of hydrogen-bond donors (Lipinski definition) is 1. The van der Waals surface area contributed by atoms with Crippen molar-refractivity contribution >= 4 is 0 Å². The predicted molar refractivity (Wildman–Crippen MR) is 75.9 cm³/mol. The molecule has 1 N–H and O–H groups in total. The summed E-state index contributed by atoms with van der Waals surface area (Å²) in [6, 6.07) is 7.47. The largest absolute Gasteiger partial charge is 0.508 e. The fraction of sp³-hybridized carbons (Fsp3) is 0.529. The molecule has 1 saturated heterocycles. The highest BCUT2D eigenvalue weighted by Crippen LogP contribution is 2.49. The van der Waals surface area contributed by atoms with Crippen molar-refractivity contribution in [3.05, 3.63) is 41.5 Å². The van der Waals surface area contributed by atoms with Crippen molar-refractivity contribution in [1.82, 2.24) is 0 Å². The Labute approximate surface area is 115 Å². The van der Waals surface area contributed by atoms with E-state index in [1.54, 1.807) is 12.1 Å². The Kier molecular flexibility index (Phi) is 3.14. The van der Waals surface area contributed by atoms with E-state index >= 15 is 0 Å². The molecule has 102 valence electrons. The fourth-order valence-electron chi connectivity index (χ4n) is 3.91. The molecule has 1 aliphatic carbocycles. The highest BCUT2D eigenvalue weighted by atomic mass is 16.5. The third kappa shape index (κ3) is 2.08. The van der Waals surface area contributed by atoms with Gasteiger partial charge in [-0.25, -0.2) is 0 Å². The molecule has 1 aromatic rings. The van der Waals surface area contributed by atoms with E-state index in [4.69, 9.17) is 4.74 Å². The van der Waals surface area contributed by atoms with Crippen molar-refractivity contribution in [2.45, 2.75) is 26.9 Å². The number of fused-ring (bicyclic) bond motifs is 2. The van der Waals surface area contributed by atoms with Crippen LogP contribution in [-0.2, 0) is 4.74 Å². The molecule has 0 saturated carbocycles. The zero-order valence-electron chi connectivity index (χ0n) is 11.8. The van der Waals surface area contributed by atoms with E-state index in [9.17, 15) is 5.11 Å². The van der Waals surface area contributed by atoms with Gasteiger partial charge in [0.05, 0.1) is 12.7 Å². The third-order valence-corrected chi connectivity index (χ3v) is 4.98. The van der Waals surface area contributed by atoms with E-state index in [0.29, 0.717) is 29.4 Å². The zero-order chi connectivity index (χ0) is 13.6. The second-order valence-corrected chi connectivity index (χ2v) is 6.16. The highest BCUT2D eigenvalue weighted by molar-refractivity contribution is 5.30. The Morgan fingerprint density at radius 1 is 1.16 bits per heavy atom. The summed E-state index contributed by atoms with van der Waals surface area (Å²) in [7, 11) is 0. The van der Waals surface area contributed by atoms with Crippen LogP contribution in [-0.4, -0.2) is 11.7 Å². The molecule has 1 aromatic carbocycles. The van der Waals surface area contributed by atoms with Crippen molar-refractivity contribution in [2.75, 3.05) is 6.61 Å². The Morgan fingerprint density at radius 3 is 2.53 bits per heavy atom. The van der Waals surface area contributed by atoms with E-state index in [1.807, 2.05) is 12.1 Å². The first-order valence-electron chi connectivity index (χ1n) is 7.16. The summed E-state index contributed by atoms with van der Waals surface area (Å²) in [5.74, 6) is 2.70. The van der Waals surface area contributed by atoms with Gasteiger partial charge in [0.2, 0.25) is 0 Å². The second kappa shape index (κ2) is 4.68. The van der Waals surface area contributed by atoms with Gasteiger partial charge in [-0.1, -0.05) is 37.6 Å². The summed E-state index contributed by atoms with van der Waals surface area (Å²) >= 11 is 0. The molecule has 0 radical (unpaired) electrons. The van der Waals surface area contributed by atoms with Crippen LogP contribution < -0.4 is 0 Å². The molecule has 0 aromatic heterocycles. The van der Waals surface area contributed by atoms with Crippen LogP contribution in [0.5, 0.6) is 5.75 Å². The Hall–Kier alpha value is -1.28. The van der Waals surface area contributed by atoms with Gasteiger partial charge in [-0.05, 0) is 42.4 Å². The van der Waals surface area contributed by atoms with Crippen molar-refractivity contribution in [3.8, 4) is 5.75 Å². The number of aromatic hydroxyl groups is 1. The van der Waals surface area contributed by atoms with Gasteiger partial charge < -0.3 is 9.84 Å². The highest BCUT2D eigenvalue weighted by Gasteiger charge is 2.43. The lowest BCUT2D eigenvalue weighted by Gasteiger charge is -2.47. The van der Waals surface area contributed by atoms with Crippen molar-refractivity contribution < 1.29 is 9.84 Å². The number of benzene rings is 1. The van der Waals surface area contributed by atoms with Gasteiger partial charge in [-0.2, -0.15) is 0 Å². The molecule has 2 bridgehead atoms. The molecule has 0 unspecified atom stereocenters. The second-order valence-electron chi connectivity index (χ2n) is 6.16. The van der Waals surface area contributed by atoms with Crippen LogP contribution in [0.2, 0.25) is 0 Å². The minimum absolute atomic E-state index is 0.135. The molecular formula is C17H22O2. The summed E-state index contributed by atoms with van der Waals surface area (Å²) in [6.07, 6.45) is 2.56. The monoisotopic (exact) mass is 258 g/mol. The van der Waals surface area contributed by atoms with Crippen molar-refractivity contribution in [3.63, 3.8) is 0 Å². The molecule has 0 spiro atoms. The number of allylic oxidation sites excluding steroid dienone is 1. The van der Waals surface area contributed by atoms with Gasteiger partial charge in [0.25, 0.3) is 0 Å². The van der Waals surface area contributed by atoms with Gasteiger partial charge in [-0.15, -0.1) is 0 Å². The first kappa shape index (κ1) is 12.7. The Balaban J connectivity index is 1.96. The summed E-state index contributed by atoms with van der Waals surface area (Å²) in [5, 5.41) is 9.42. The molecule has 1 heterocycles. The van der Waals surface area contributed by atoms with Crippen LogP contribution in [0, 0.1) is 23.7 Å². The molecule has 2 nitrogen and oxygen atoms in total. The molecular weight excluding hydrogens is 236 g/mol. The lowest BCUT2D eigenvalue weighted by Crippen LogP contribution is -2.42. The maximum absolute atomic E-state index is 9.42. The predicted octanol–water partition coefficient (Wildman–Crippen LogP) is 3.93. The summed E-state index contributed by atoms with van der Waals surface area (Å²) < 4.78 is 6.16. The Morgan fingerprint density at radius 2 is 1.84 bits per heavy atom. The van der Waals surface area contributed by atoms with E-state index in [1.165, 1.54) is 11.1 Å².